The molecule has 2 unspecified atom stereocenters. The molecule has 0 bridgehead atoms. The van der Waals surface area contributed by atoms with Crippen LogP contribution < -0.4 is 0 Å². The largest absolute Gasteiger partial charge is 0.337 e. The Labute approximate surface area is 139 Å². The zero-order valence-electron chi connectivity index (χ0n) is 12.6. The number of hydrogen-bond donors (Lipinski definition) is 0. The molecule has 1 aliphatic heterocycles. The first-order chi connectivity index (χ1) is 10.6. The van der Waals surface area contributed by atoms with Crippen molar-refractivity contribution in [3.63, 3.8) is 0 Å². The zero-order chi connectivity index (χ0) is 15.7. The second kappa shape index (κ2) is 6.34. The van der Waals surface area contributed by atoms with Crippen molar-refractivity contribution in [2.24, 2.45) is 0 Å². The van der Waals surface area contributed by atoms with E-state index in [0.717, 1.165) is 18.6 Å². The lowest BCUT2D eigenvalue weighted by atomic mass is 9.89. The number of fused-ring (bicyclic) bond motifs is 2. The van der Waals surface area contributed by atoms with Crippen LogP contribution in [0.4, 0.5) is 0 Å². The minimum Gasteiger partial charge on any atom is -0.337 e. The fourth-order valence-corrected chi connectivity index (χ4v) is 4.38. The first-order valence-corrected chi connectivity index (χ1v) is 9.17. The number of ether oxygens (including phenoxy) is 1. The lowest BCUT2D eigenvalue weighted by molar-refractivity contribution is 0.0911. The van der Waals surface area contributed by atoms with E-state index in [2.05, 4.69) is 6.92 Å². The molecule has 1 saturated heterocycles. The van der Waals surface area contributed by atoms with E-state index in [9.17, 15) is 9.59 Å². The lowest BCUT2D eigenvalue weighted by Gasteiger charge is -2.18. The van der Waals surface area contributed by atoms with Crippen LogP contribution >= 0.6 is 23.4 Å². The molecule has 2 aliphatic rings. The summed E-state index contributed by atoms with van der Waals surface area (Å²) in [4.78, 5) is 24.1. The van der Waals surface area contributed by atoms with Crippen LogP contribution in [0.5, 0.6) is 0 Å². The van der Waals surface area contributed by atoms with Crippen LogP contribution in [-0.4, -0.2) is 28.4 Å². The van der Waals surface area contributed by atoms with Gasteiger partial charge in [0.15, 0.2) is 11.9 Å². The summed E-state index contributed by atoms with van der Waals surface area (Å²) in [5.41, 5.74) is 0.848. The average Bonchev–Trinajstić information content (AvgIpc) is 3.25. The van der Waals surface area contributed by atoms with Crippen molar-refractivity contribution in [3.05, 3.63) is 34.3 Å². The number of Topliss-reactive ketones (excluding diaryl/α,β-unsaturated/α-hetero) is 2. The van der Waals surface area contributed by atoms with E-state index < -0.39 is 11.0 Å². The number of unbranched alkanes of at least 4 members (excludes halogenated alkanes) is 4. The Bertz CT molecular complexity index is 616. The number of rotatable bonds is 7. The van der Waals surface area contributed by atoms with E-state index in [1.54, 1.807) is 18.2 Å². The van der Waals surface area contributed by atoms with Gasteiger partial charge in [-0.2, -0.15) is 0 Å². The highest BCUT2D eigenvalue weighted by Gasteiger charge is 2.69. The molecule has 1 aromatic rings. The zero-order valence-corrected chi connectivity index (χ0v) is 14.1. The molecule has 22 heavy (non-hydrogen) atoms. The Balaban J connectivity index is 1.66. The summed E-state index contributed by atoms with van der Waals surface area (Å²) in [7, 11) is 0. The maximum Gasteiger partial charge on any atom is 0.211 e. The highest BCUT2D eigenvalue weighted by molar-refractivity contribution is 8.01. The molecule has 0 aromatic heterocycles. The molecule has 0 radical (unpaired) electrons. The van der Waals surface area contributed by atoms with Crippen molar-refractivity contribution in [1.29, 1.82) is 0 Å². The molecule has 3 nitrogen and oxygen atoms in total. The molecule has 1 aliphatic carbocycles. The summed E-state index contributed by atoms with van der Waals surface area (Å²) in [6.07, 6.45) is 5.29. The highest BCUT2D eigenvalue weighted by atomic mass is 35.5. The summed E-state index contributed by atoms with van der Waals surface area (Å²) in [6.45, 7) is 2.19. The van der Waals surface area contributed by atoms with Gasteiger partial charge in [-0.05, 0) is 30.4 Å². The molecule has 118 valence electrons. The monoisotopic (exact) mass is 338 g/mol. The summed E-state index contributed by atoms with van der Waals surface area (Å²) < 4.78 is 5.56. The van der Waals surface area contributed by atoms with Crippen molar-refractivity contribution in [2.45, 2.75) is 50.1 Å². The molecule has 0 N–H and O–H groups in total. The van der Waals surface area contributed by atoms with Gasteiger partial charge < -0.3 is 4.74 Å². The maximum atomic E-state index is 12.7. The number of carbonyl (C=O) groups excluding carboxylic acids is 2. The third kappa shape index (κ3) is 2.72. The summed E-state index contributed by atoms with van der Waals surface area (Å²) in [5.74, 6) is 0.653. The van der Waals surface area contributed by atoms with E-state index >= 15 is 0 Å². The summed E-state index contributed by atoms with van der Waals surface area (Å²) >= 11 is 7.41. The first kappa shape index (κ1) is 16.0. The third-order valence-electron chi connectivity index (χ3n) is 4.19. The molecule has 1 fully saturated rings. The molecule has 0 saturated carbocycles. The van der Waals surface area contributed by atoms with E-state index in [0.29, 0.717) is 16.1 Å². The van der Waals surface area contributed by atoms with Gasteiger partial charge in [0.05, 0.1) is 0 Å². The third-order valence-corrected chi connectivity index (χ3v) is 5.84. The number of ketones is 2. The average molecular weight is 339 g/mol. The van der Waals surface area contributed by atoms with Gasteiger partial charge in [0.1, 0.15) is 0 Å². The van der Waals surface area contributed by atoms with Gasteiger partial charge in [0, 0.05) is 16.1 Å². The standard InChI is InChI=1S/C17H19ClO3S/c1-2-3-4-5-6-9-22-17-15(20)12-8-7-11(18)10-13(12)14(19)16(17)21-17/h7-8,10,16H,2-6,9H2,1H3. The van der Waals surface area contributed by atoms with Crippen LogP contribution in [0, 0.1) is 0 Å². The Hall–Kier alpha value is -0.840. The van der Waals surface area contributed by atoms with Gasteiger partial charge in [-0.25, -0.2) is 0 Å². The predicted molar refractivity (Wildman–Crippen MR) is 88.9 cm³/mol. The second-order valence-corrected chi connectivity index (χ2v) is 7.55. The van der Waals surface area contributed by atoms with Gasteiger partial charge in [0.2, 0.25) is 10.7 Å². The Kier molecular flexibility index (Phi) is 4.62. The van der Waals surface area contributed by atoms with Crippen LogP contribution in [0.2, 0.25) is 5.02 Å². The molecule has 1 heterocycles. The molecule has 5 heteroatoms. The van der Waals surface area contributed by atoms with Gasteiger partial charge in [0.25, 0.3) is 0 Å². The predicted octanol–water partition coefficient (Wildman–Crippen LogP) is 4.52. The molecular weight excluding hydrogens is 320 g/mol. The van der Waals surface area contributed by atoms with Gasteiger partial charge >= 0.3 is 0 Å². The van der Waals surface area contributed by atoms with E-state index in [1.165, 1.54) is 31.0 Å². The van der Waals surface area contributed by atoms with Crippen molar-refractivity contribution < 1.29 is 14.3 Å². The fourth-order valence-electron chi connectivity index (χ4n) is 2.89. The van der Waals surface area contributed by atoms with Crippen molar-refractivity contribution in [2.75, 3.05) is 5.75 Å². The van der Waals surface area contributed by atoms with E-state index in [4.69, 9.17) is 16.3 Å². The Morgan fingerprint density at radius 1 is 1.18 bits per heavy atom. The van der Waals surface area contributed by atoms with E-state index in [-0.39, 0.29) is 11.6 Å². The maximum absolute atomic E-state index is 12.7. The topological polar surface area (TPSA) is 46.7 Å². The van der Waals surface area contributed by atoms with Crippen molar-refractivity contribution in [3.8, 4) is 0 Å². The van der Waals surface area contributed by atoms with Gasteiger partial charge in [-0.15, -0.1) is 11.8 Å². The molecule has 0 amide bonds. The lowest BCUT2D eigenvalue weighted by Crippen LogP contribution is -2.34. The second-order valence-electron chi connectivity index (χ2n) is 5.81. The normalized spacial score (nSPS) is 25.8. The smallest absolute Gasteiger partial charge is 0.211 e. The van der Waals surface area contributed by atoms with Gasteiger partial charge in [-0.1, -0.05) is 44.2 Å². The minimum absolute atomic E-state index is 0.0812. The number of hydrogen-bond acceptors (Lipinski definition) is 4. The van der Waals surface area contributed by atoms with Crippen molar-refractivity contribution in [1.82, 2.24) is 0 Å². The number of halogens is 1. The van der Waals surface area contributed by atoms with Crippen LogP contribution in [0.25, 0.3) is 0 Å². The Morgan fingerprint density at radius 2 is 1.95 bits per heavy atom. The van der Waals surface area contributed by atoms with Crippen LogP contribution in [0.1, 0.15) is 59.7 Å². The molecule has 3 rings (SSSR count). The Morgan fingerprint density at radius 3 is 2.73 bits per heavy atom. The minimum atomic E-state index is -0.956. The molecular formula is C17H19ClO3S. The molecule has 2 atom stereocenters. The number of carbonyl (C=O) groups is 2. The quantitative estimate of drug-likeness (QED) is 0.541. The number of thioether (sulfide) groups is 1. The van der Waals surface area contributed by atoms with Gasteiger partial charge in [-0.3, -0.25) is 9.59 Å². The number of epoxide rings is 1. The van der Waals surface area contributed by atoms with Crippen LogP contribution in [0.3, 0.4) is 0 Å². The molecule has 0 spiro atoms. The summed E-state index contributed by atoms with van der Waals surface area (Å²) in [6, 6.07) is 4.86. The fraction of sp³-hybridized carbons (Fsp3) is 0.529. The van der Waals surface area contributed by atoms with E-state index in [1.807, 2.05) is 0 Å². The first-order valence-electron chi connectivity index (χ1n) is 7.80. The van der Waals surface area contributed by atoms with Crippen LogP contribution in [-0.2, 0) is 4.74 Å². The highest BCUT2D eigenvalue weighted by Crippen LogP contribution is 2.53. The SMILES string of the molecule is CCCCCCCSC12OC1C(=O)c1cc(Cl)ccc1C2=O. The number of benzene rings is 1. The van der Waals surface area contributed by atoms with Crippen LogP contribution in [0.15, 0.2) is 18.2 Å². The summed E-state index contributed by atoms with van der Waals surface area (Å²) in [5, 5.41) is 0.469. The molecule has 1 aromatic carbocycles. The van der Waals surface area contributed by atoms with Crippen molar-refractivity contribution >= 4 is 34.9 Å².